The molecule has 6 nitrogen and oxygen atoms in total. The number of carbonyl (C=O) groups excluding carboxylic acids is 2. The molecule has 6 heteroatoms. The summed E-state index contributed by atoms with van der Waals surface area (Å²) in [4.78, 5) is 27.9. The number of benzene rings is 2. The van der Waals surface area contributed by atoms with Crippen LogP contribution in [0.3, 0.4) is 0 Å². The van der Waals surface area contributed by atoms with Crippen molar-refractivity contribution in [1.29, 1.82) is 0 Å². The molecule has 0 saturated heterocycles. The predicted octanol–water partition coefficient (Wildman–Crippen LogP) is 5.85. The summed E-state index contributed by atoms with van der Waals surface area (Å²) in [7, 11) is 2.00. The van der Waals surface area contributed by atoms with Crippen LogP contribution in [0.5, 0.6) is 0 Å². The smallest absolute Gasteiger partial charge is 0.279 e. The van der Waals surface area contributed by atoms with E-state index in [1.54, 1.807) is 0 Å². The zero-order valence-corrected chi connectivity index (χ0v) is 24.2. The molecule has 2 N–H and O–H groups in total. The summed E-state index contributed by atoms with van der Waals surface area (Å²) in [5.74, 6) is 0.116. The molecule has 37 heavy (non-hydrogen) atoms. The summed E-state index contributed by atoms with van der Waals surface area (Å²) in [6.45, 7) is 17.2. The molecular formula is C31H49N4O2+. The van der Waals surface area contributed by atoms with E-state index in [0.29, 0.717) is 13.1 Å². The molecular weight excluding hydrogens is 460 g/mol. The standard InChI is InChI=1S/C31H48N4O2/c1-8-19-35(20-9-2,23-29(37)33-31-26(5)16-13-17-27(31)6)21-11-10-18-34(7)22-28(36)32-30-24(3)14-12-15-25(30)4/h12-17H,8-11,18-23H2,1-7H3,(H-,32,33,36,37)/p+1. The second-order valence-electron chi connectivity index (χ2n) is 10.7. The molecule has 0 heterocycles. The average Bonchev–Trinajstić information content (AvgIpc) is 2.82. The first-order valence-electron chi connectivity index (χ1n) is 13.9. The van der Waals surface area contributed by atoms with E-state index in [1.165, 1.54) is 0 Å². The number of aryl methyl sites for hydroxylation is 4. The fourth-order valence-corrected chi connectivity index (χ4v) is 5.36. The van der Waals surface area contributed by atoms with Crippen LogP contribution in [-0.4, -0.2) is 67.5 Å². The zero-order chi connectivity index (χ0) is 27.4. The van der Waals surface area contributed by atoms with Gasteiger partial charge in [-0.05, 0) is 89.2 Å². The molecule has 0 aliphatic carbocycles. The van der Waals surface area contributed by atoms with E-state index in [4.69, 9.17) is 0 Å². The van der Waals surface area contributed by atoms with E-state index in [2.05, 4.69) is 29.4 Å². The minimum Gasteiger partial charge on any atom is -0.324 e. The lowest BCUT2D eigenvalue weighted by Crippen LogP contribution is -2.54. The van der Waals surface area contributed by atoms with Gasteiger partial charge in [0.1, 0.15) is 0 Å². The molecule has 2 aromatic carbocycles. The summed E-state index contributed by atoms with van der Waals surface area (Å²) in [5.41, 5.74) is 6.22. The zero-order valence-electron chi connectivity index (χ0n) is 24.2. The molecule has 2 amide bonds. The molecule has 0 aromatic heterocycles. The molecule has 0 radical (unpaired) electrons. The van der Waals surface area contributed by atoms with Gasteiger partial charge in [0, 0.05) is 11.4 Å². The molecule has 0 atom stereocenters. The van der Waals surface area contributed by atoms with E-state index in [9.17, 15) is 9.59 Å². The number of rotatable bonds is 15. The quantitative estimate of drug-likeness (QED) is 0.234. The number of hydrogen-bond donors (Lipinski definition) is 2. The third kappa shape index (κ3) is 9.60. The monoisotopic (exact) mass is 509 g/mol. The van der Waals surface area contributed by atoms with Crippen LogP contribution in [0.1, 0.15) is 61.8 Å². The summed E-state index contributed by atoms with van der Waals surface area (Å²) >= 11 is 0. The van der Waals surface area contributed by atoms with Crippen LogP contribution < -0.4 is 10.6 Å². The third-order valence-electron chi connectivity index (χ3n) is 7.20. The first kappa shape index (κ1) is 30.5. The Hall–Kier alpha value is -2.70. The van der Waals surface area contributed by atoms with E-state index in [-0.39, 0.29) is 11.8 Å². The lowest BCUT2D eigenvalue weighted by molar-refractivity contribution is -0.921. The van der Waals surface area contributed by atoms with Crippen molar-refractivity contribution in [3.63, 3.8) is 0 Å². The Morgan fingerprint density at radius 1 is 0.730 bits per heavy atom. The number of unbranched alkanes of at least 4 members (excludes halogenated alkanes) is 1. The Balaban J connectivity index is 1.90. The molecule has 2 aromatic rings. The number of amides is 2. The highest BCUT2D eigenvalue weighted by Gasteiger charge is 2.29. The Kier molecular flexibility index (Phi) is 12.3. The number of nitrogens with zero attached hydrogens (tertiary/aromatic N) is 2. The Bertz CT molecular complexity index is 987. The van der Waals surface area contributed by atoms with Crippen molar-refractivity contribution in [2.24, 2.45) is 0 Å². The van der Waals surface area contributed by atoms with Gasteiger partial charge in [-0.15, -0.1) is 0 Å². The van der Waals surface area contributed by atoms with Crippen LogP contribution >= 0.6 is 0 Å². The number of para-hydroxylation sites is 2. The van der Waals surface area contributed by atoms with Crippen molar-refractivity contribution < 1.29 is 14.1 Å². The molecule has 2 rings (SSSR count). The average molecular weight is 510 g/mol. The highest BCUT2D eigenvalue weighted by Crippen LogP contribution is 2.21. The third-order valence-corrected chi connectivity index (χ3v) is 7.20. The normalized spacial score (nSPS) is 11.6. The molecule has 0 aliphatic rings. The summed E-state index contributed by atoms with van der Waals surface area (Å²) < 4.78 is 0.820. The summed E-state index contributed by atoms with van der Waals surface area (Å²) in [5, 5.41) is 6.28. The Morgan fingerprint density at radius 3 is 1.65 bits per heavy atom. The van der Waals surface area contributed by atoms with Crippen LogP contribution in [0.2, 0.25) is 0 Å². The van der Waals surface area contributed by atoms with Gasteiger partial charge in [-0.25, -0.2) is 0 Å². The van der Waals surface area contributed by atoms with Crippen molar-refractivity contribution in [2.45, 2.75) is 67.2 Å². The molecule has 204 valence electrons. The SMILES string of the molecule is CCC[N+](CCC)(CCCCN(C)CC(=O)Nc1c(C)cccc1C)CC(=O)Nc1c(C)cccc1C. The number of hydrogen-bond acceptors (Lipinski definition) is 3. The fourth-order valence-electron chi connectivity index (χ4n) is 5.36. The van der Waals surface area contributed by atoms with Gasteiger partial charge in [-0.3, -0.25) is 14.5 Å². The van der Waals surface area contributed by atoms with E-state index < -0.39 is 0 Å². The minimum absolute atomic E-state index is 0.0187. The van der Waals surface area contributed by atoms with E-state index in [1.807, 2.05) is 71.1 Å². The molecule has 0 bridgehead atoms. The Morgan fingerprint density at radius 2 is 1.19 bits per heavy atom. The van der Waals surface area contributed by atoms with Crippen molar-refractivity contribution in [3.05, 3.63) is 58.7 Å². The molecule has 0 fully saturated rings. The number of carbonyl (C=O) groups is 2. The van der Waals surface area contributed by atoms with Crippen LogP contribution in [0.4, 0.5) is 11.4 Å². The first-order valence-corrected chi connectivity index (χ1v) is 13.9. The van der Waals surface area contributed by atoms with E-state index in [0.717, 1.165) is 90.0 Å². The number of quaternary nitrogens is 1. The van der Waals surface area contributed by atoms with Gasteiger partial charge in [0.15, 0.2) is 6.54 Å². The van der Waals surface area contributed by atoms with Gasteiger partial charge in [-0.1, -0.05) is 50.2 Å². The largest absolute Gasteiger partial charge is 0.324 e. The summed E-state index contributed by atoms with van der Waals surface area (Å²) in [6.07, 6.45) is 4.13. The highest BCUT2D eigenvalue weighted by atomic mass is 16.2. The van der Waals surface area contributed by atoms with Crippen molar-refractivity contribution in [2.75, 3.05) is 56.9 Å². The molecule has 0 aliphatic heterocycles. The lowest BCUT2D eigenvalue weighted by atomic mass is 10.1. The number of nitrogens with one attached hydrogen (secondary N) is 2. The Labute approximate surface area is 225 Å². The fraction of sp³-hybridized carbons (Fsp3) is 0.548. The van der Waals surface area contributed by atoms with Gasteiger partial charge in [0.05, 0.1) is 26.2 Å². The van der Waals surface area contributed by atoms with Gasteiger partial charge in [0.2, 0.25) is 5.91 Å². The van der Waals surface area contributed by atoms with Crippen molar-refractivity contribution in [3.8, 4) is 0 Å². The van der Waals surface area contributed by atoms with Gasteiger partial charge in [0.25, 0.3) is 5.91 Å². The maximum Gasteiger partial charge on any atom is 0.279 e. The second kappa shape index (κ2) is 14.9. The summed E-state index contributed by atoms with van der Waals surface area (Å²) in [6, 6.07) is 12.2. The lowest BCUT2D eigenvalue weighted by Gasteiger charge is -2.38. The van der Waals surface area contributed by atoms with Crippen molar-refractivity contribution in [1.82, 2.24) is 4.90 Å². The maximum atomic E-state index is 13.2. The topological polar surface area (TPSA) is 61.4 Å². The number of likely N-dealkylation sites (N-methyl/N-ethyl adjacent to an activating group) is 1. The molecule has 0 saturated carbocycles. The maximum absolute atomic E-state index is 13.2. The molecule has 0 unspecified atom stereocenters. The van der Waals surface area contributed by atoms with Crippen LogP contribution in [-0.2, 0) is 9.59 Å². The van der Waals surface area contributed by atoms with Crippen molar-refractivity contribution >= 4 is 23.2 Å². The van der Waals surface area contributed by atoms with Gasteiger partial charge >= 0.3 is 0 Å². The van der Waals surface area contributed by atoms with Crippen LogP contribution in [0.15, 0.2) is 36.4 Å². The minimum atomic E-state index is 0.0187. The number of anilines is 2. The first-order chi connectivity index (χ1) is 17.6. The predicted molar refractivity (Wildman–Crippen MR) is 156 cm³/mol. The van der Waals surface area contributed by atoms with Crippen LogP contribution in [0, 0.1) is 27.7 Å². The van der Waals surface area contributed by atoms with E-state index >= 15 is 0 Å². The van der Waals surface area contributed by atoms with Gasteiger partial charge in [-0.2, -0.15) is 0 Å². The second-order valence-corrected chi connectivity index (χ2v) is 10.7. The highest BCUT2D eigenvalue weighted by molar-refractivity contribution is 5.94. The van der Waals surface area contributed by atoms with Gasteiger partial charge < -0.3 is 15.1 Å². The van der Waals surface area contributed by atoms with Crippen LogP contribution in [0.25, 0.3) is 0 Å². The molecule has 0 spiro atoms.